The average Bonchev–Trinajstić information content (AvgIpc) is 3.97. The normalized spacial score (nSPS) is 11.8. The number of nitrogens with zero attached hydrogens (tertiary/aromatic N) is 5. The highest BCUT2D eigenvalue weighted by Gasteiger charge is 2.22. The van der Waals surface area contributed by atoms with Gasteiger partial charge in [-0.3, -0.25) is 9.55 Å². The van der Waals surface area contributed by atoms with Gasteiger partial charge in [0.15, 0.2) is 0 Å². The fourth-order valence-corrected chi connectivity index (χ4v) is 8.99. The number of imidazole rings is 1. The number of para-hydroxylation sites is 3. The first-order valence-electron chi connectivity index (χ1n) is 20.2. The van der Waals surface area contributed by atoms with E-state index in [-0.39, 0.29) is 0 Å². The molecule has 0 spiro atoms. The molecule has 0 amide bonds. The molecule has 5 nitrogen and oxygen atoms in total. The zero-order valence-corrected chi connectivity index (χ0v) is 32.8. The second-order valence-corrected chi connectivity index (χ2v) is 14.9. The molecule has 0 bridgehead atoms. The monoisotopic (exact) mass is 757 g/mol. The minimum absolute atomic E-state index is 0.883. The van der Waals surface area contributed by atoms with Crippen molar-refractivity contribution in [3.8, 4) is 28.5 Å². The third kappa shape index (κ3) is 5.39. The first-order valence-corrected chi connectivity index (χ1v) is 20.2. The summed E-state index contributed by atoms with van der Waals surface area (Å²) in [5.41, 5.74) is 11.1. The van der Waals surface area contributed by atoms with E-state index >= 15 is 0 Å². The Morgan fingerprint density at radius 1 is 0.373 bits per heavy atom. The molecule has 0 aliphatic heterocycles. The van der Waals surface area contributed by atoms with E-state index in [2.05, 4.69) is 195 Å². The Kier molecular flexibility index (Phi) is 8.19. The summed E-state index contributed by atoms with van der Waals surface area (Å²) >= 11 is 0. The molecule has 59 heavy (non-hydrogen) atoms. The molecule has 12 aromatic rings. The molecule has 5 heteroatoms. The predicted molar refractivity (Wildman–Crippen MR) is 248 cm³/mol. The third-order valence-electron chi connectivity index (χ3n) is 11.6. The van der Waals surface area contributed by atoms with Crippen LogP contribution in [0.1, 0.15) is 13.8 Å². The van der Waals surface area contributed by atoms with E-state index in [0.717, 1.165) is 44.9 Å². The number of aromatic nitrogens is 5. The van der Waals surface area contributed by atoms with Crippen molar-refractivity contribution in [3.05, 3.63) is 200 Å². The van der Waals surface area contributed by atoms with Gasteiger partial charge in [-0.05, 0) is 91.3 Å². The quantitative estimate of drug-likeness (QED) is 0.132. The Bertz CT molecular complexity index is 3570. The summed E-state index contributed by atoms with van der Waals surface area (Å²) in [6.45, 7) is 4.00. The lowest BCUT2D eigenvalue weighted by Gasteiger charge is -2.15. The zero-order chi connectivity index (χ0) is 39.5. The number of hydrogen-bond donors (Lipinski definition) is 0. The van der Waals surface area contributed by atoms with E-state index in [1.54, 1.807) is 0 Å². The third-order valence-corrected chi connectivity index (χ3v) is 11.6. The molecule has 4 heterocycles. The molecular weight excluding hydrogens is 719 g/mol. The maximum absolute atomic E-state index is 5.45. The summed E-state index contributed by atoms with van der Waals surface area (Å²) in [5, 5.41) is 9.63. The summed E-state index contributed by atoms with van der Waals surface area (Å²) in [5.74, 6) is 0.883. The minimum Gasteiger partial charge on any atom is -0.309 e. The SMILES string of the molecule is C/C=C\C.c1ccc(-n2c3ccccc3c3cc4c(cc32)c2ccccc2n4-c2cccc(-n3c(-c4ccncc4)nc4c5ccccc5c5ccccc5c43)c2)cc1. The van der Waals surface area contributed by atoms with E-state index < -0.39 is 0 Å². The summed E-state index contributed by atoms with van der Waals surface area (Å²) < 4.78 is 7.18. The van der Waals surface area contributed by atoms with Crippen LogP contribution in [0, 0.1) is 0 Å². The lowest BCUT2D eigenvalue weighted by atomic mass is 10.00. The first-order chi connectivity index (χ1) is 29.2. The molecule has 4 aromatic heterocycles. The molecule has 0 radical (unpaired) electrons. The molecule has 0 N–H and O–H groups in total. The number of benzene rings is 8. The lowest BCUT2D eigenvalue weighted by molar-refractivity contribution is 1.09. The van der Waals surface area contributed by atoms with Crippen molar-refractivity contribution in [2.24, 2.45) is 0 Å². The van der Waals surface area contributed by atoms with E-state index in [0.29, 0.717) is 0 Å². The molecule has 0 aliphatic carbocycles. The Balaban J connectivity index is 0.000000952. The van der Waals surface area contributed by atoms with Crippen molar-refractivity contribution in [3.63, 3.8) is 0 Å². The van der Waals surface area contributed by atoms with Crippen LogP contribution in [0.4, 0.5) is 0 Å². The van der Waals surface area contributed by atoms with Gasteiger partial charge in [-0.1, -0.05) is 121 Å². The molecule has 280 valence electrons. The molecule has 0 saturated carbocycles. The van der Waals surface area contributed by atoms with Gasteiger partial charge in [-0.25, -0.2) is 4.98 Å². The van der Waals surface area contributed by atoms with E-state index in [9.17, 15) is 0 Å². The summed E-state index contributed by atoms with van der Waals surface area (Å²) in [4.78, 5) is 9.80. The fraction of sp³-hybridized carbons (Fsp3) is 0.0370. The van der Waals surface area contributed by atoms with Crippen LogP contribution in [0.3, 0.4) is 0 Å². The molecule has 0 unspecified atom stereocenters. The van der Waals surface area contributed by atoms with Crippen molar-refractivity contribution in [1.29, 1.82) is 0 Å². The van der Waals surface area contributed by atoms with Crippen LogP contribution in [0.5, 0.6) is 0 Å². The van der Waals surface area contributed by atoms with Gasteiger partial charge in [-0.15, -0.1) is 0 Å². The Morgan fingerprint density at radius 3 is 1.46 bits per heavy atom. The summed E-state index contributed by atoms with van der Waals surface area (Å²) in [6.07, 6.45) is 7.69. The predicted octanol–water partition coefficient (Wildman–Crippen LogP) is 14.2. The van der Waals surface area contributed by atoms with Crippen LogP contribution < -0.4 is 0 Å². The topological polar surface area (TPSA) is 40.6 Å². The maximum atomic E-state index is 5.45. The Labute approximate surface area is 341 Å². The molecular formula is C54H39N5. The summed E-state index contributed by atoms with van der Waals surface area (Å²) in [6, 6.07) is 63.4. The van der Waals surface area contributed by atoms with Crippen LogP contribution >= 0.6 is 0 Å². The molecule has 0 atom stereocenters. The van der Waals surface area contributed by atoms with Crippen LogP contribution in [-0.4, -0.2) is 23.7 Å². The standard InChI is InChI=1S/C50H31N5.C4H8/c1-2-13-33(14-3-1)53-44-23-10-8-19-38(44)42-31-47-43(30-46(42)53)39-20-9-11-24-45(39)54(47)34-15-12-16-35(29-34)55-49-41-22-7-5-18-37(41)36-17-4-6-21-40(36)48(49)52-50(55)32-25-27-51-28-26-32;1-3-4-2/h1-31H;3-4H,1-2H3/b;4-3-. The van der Waals surface area contributed by atoms with Gasteiger partial charge in [-0.2, -0.15) is 0 Å². The largest absolute Gasteiger partial charge is 0.309 e. The minimum atomic E-state index is 0.883. The van der Waals surface area contributed by atoms with Crippen molar-refractivity contribution in [1.82, 2.24) is 23.7 Å². The fourth-order valence-electron chi connectivity index (χ4n) is 8.99. The number of fused-ring (bicyclic) bond motifs is 12. The maximum Gasteiger partial charge on any atom is 0.145 e. The smallest absolute Gasteiger partial charge is 0.145 e. The molecule has 0 aliphatic rings. The van der Waals surface area contributed by atoms with Crippen LogP contribution in [0.15, 0.2) is 200 Å². The number of pyridine rings is 1. The van der Waals surface area contributed by atoms with E-state index in [1.165, 1.54) is 59.8 Å². The zero-order valence-electron chi connectivity index (χ0n) is 32.8. The van der Waals surface area contributed by atoms with Gasteiger partial charge in [0.2, 0.25) is 0 Å². The van der Waals surface area contributed by atoms with Gasteiger partial charge in [0.25, 0.3) is 0 Å². The molecule has 0 fully saturated rings. The molecule has 0 saturated heterocycles. The summed E-state index contributed by atoms with van der Waals surface area (Å²) in [7, 11) is 0. The molecule has 8 aromatic carbocycles. The van der Waals surface area contributed by atoms with Crippen LogP contribution in [0.2, 0.25) is 0 Å². The number of rotatable bonds is 4. The number of hydrogen-bond acceptors (Lipinski definition) is 2. The second-order valence-electron chi connectivity index (χ2n) is 14.9. The highest BCUT2D eigenvalue weighted by atomic mass is 15.1. The highest BCUT2D eigenvalue weighted by molar-refractivity contribution is 6.24. The van der Waals surface area contributed by atoms with Crippen molar-refractivity contribution in [2.75, 3.05) is 0 Å². The van der Waals surface area contributed by atoms with Crippen molar-refractivity contribution in [2.45, 2.75) is 13.8 Å². The van der Waals surface area contributed by atoms with Gasteiger partial charge in [0.05, 0.1) is 33.1 Å². The lowest BCUT2D eigenvalue weighted by Crippen LogP contribution is -2.01. The van der Waals surface area contributed by atoms with Gasteiger partial charge >= 0.3 is 0 Å². The molecule has 12 rings (SSSR count). The Hall–Kier alpha value is -7.76. The second kappa shape index (κ2) is 14.0. The van der Waals surface area contributed by atoms with Crippen LogP contribution in [-0.2, 0) is 0 Å². The van der Waals surface area contributed by atoms with Crippen LogP contribution in [0.25, 0.3) is 105 Å². The van der Waals surface area contributed by atoms with Crippen molar-refractivity contribution < 1.29 is 0 Å². The first kappa shape index (κ1) is 34.5. The van der Waals surface area contributed by atoms with Gasteiger partial charge in [0.1, 0.15) is 5.82 Å². The van der Waals surface area contributed by atoms with E-state index in [1.807, 2.05) is 38.4 Å². The van der Waals surface area contributed by atoms with Gasteiger partial charge in [0, 0.05) is 67.3 Å². The number of allylic oxidation sites excluding steroid dienone is 2. The van der Waals surface area contributed by atoms with E-state index in [4.69, 9.17) is 4.98 Å². The van der Waals surface area contributed by atoms with Crippen molar-refractivity contribution >= 4 is 76.2 Å². The highest BCUT2D eigenvalue weighted by Crippen LogP contribution is 2.42. The Morgan fingerprint density at radius 2 is 0.847 bits per heavy atom. The average molecular weight is 758 g/mol. The van der Waals surface area contributed by atoms with Gasteiger partial charge < -0.3 is 9.13 Å².